The van der Waals surface area contributed by atoms with Gasteiger partial charge in [0.25, 0.3) is 5.91 Å². The fraction of sp³-hybridized carbons (Fsp3) is 0.200. The van der Waals surface area contributed by atoms with Gasteiger partial charge in [-0.25, -0.2) is 0 Å². The molecule has 186 valence electrons. The van der Waals surface area contributed by atoms with Crippen LogP contribution in [0.5, 0.6) is 11.5 Å². The van der Waals surface area contributed by atoms with E-state index in [-0.39, 0.29) is 29.9 Å². The second kappa shape index (κ2) is 11.9. The van der Waals surface area contributed by atoms with Crippen LogP contribution in [-0.4, -0.2) is 46.0 Å². The number of para-hydroxylation sites is 2. The minimum absolute atomic E-state index is 0.0868. The van der Waals surface area contributed by atoms with Crippen molar-refractivity contribution in [2.75, 3.05) is 24.8 Å². The van der Waals surface area contributed by atoms with E-state index in [4.69, 9.17) is 13.9 Å². The van der Waals surface area contributed by atoms with Crippen LogP contribution in [0.25, 0.3) is 5.69 Å². The molecule has 11 heteroatoms. The van der Waals surface area contributed by atoms with Crippen LogP contribution in [0.3, 0.4) is 0 Å². The Morgan fingerprint density at radius 2 is 1.86 bits per heavy atom. The van der Waals surface area contributed by atoms with Gasteiger partial charge in [0.1, 0.15) is 11.5 Å². The zero-order chi connectivity index (χ0) is 25.3. The molecule has 0 fully saturated rings. The molecule has 4 rings (SSSR count). The van der Waals surface area contributed by atoms with E-state index in [2.05, 4.69) is 20.8 Å². The first-order chi connectivity index (χ1) is 17.6. The van der Waals surface area contributed by atoms with Crippen molar-refractivity contribution < 1.29 is 23.5 Å². The average molecular weight is 508 g/mol. The Labute approximate surface area is 212 Å². The number of rotatable bonds is 11. The molecule has 0 atom stereocenters. The van der Waals surface area contributed by atoms with E-state index in [0.29, 0.717) is 34.7 Å². The molecule has 0 saturated heterocycles. The molecular weight excluding hydrogens is 482 g/mol. The minimum atomic E-state index is -0.376. The quantitative estimate of drug-likeness (QED) is 0.293. The lowest BCUT2D eigenvalue weighted by Crippen LogP contribution is -2.24. The maximum Gasteiger partial charge on any atom is 0.287 e. The molecule has 2 aromatic carbocycles. The maximum absolute atomic E-state index is 12.6. The number of methoxy groups -OCH3 is 1. The number of nitrogens with zero attached hydrogens (tertiary/aromatic N) is 3. The highest BCUT2D eigenvalue weighted by Crippen LogP contribution is 2.29. The summed E-state index contributed by atoms with van der Waals surface area (Å²) in [6.07, 6.45) is 1.43. The largest absolute Gasteiger partial charge is 0.495 e. The molecule has 2 N–H and O–H groups in total. The SMILES string of the molecule is CCOc1ccc(NC(=O)CSc2nnc(CNC(=O)c3ccco3)n2-c2ccccc2OC)cc1. The lowest BCUT2D eigenvalue weighted by Gasteiger charge is -2.14. The molecular formula is C25H25N5O5S. The van der Waals surface area contributed by atoms with Gasteiger partial charge in [0.2, 0.25) is 5.91 Å². The molecule has 2 aromatic heterocycles. The lowest BCUT2D eigenvalue weighted by molar-refractivity contribution is -0.113. The second-order valence-corrected chi connectivity index (χ2v) is 8.30. The Balaban J connectivity index is 1.49. The second-order valence-electron chi connectivity index (χ2n) is 7.36. The van der Waals surface area contributed by atoms with Gasteiger partial charge in [0.15, 0.2) is 16.7 Å². The van der Waals surface area contributed by atoms with Crippen LogP contribution >= 0.6 is 11.8 Å². The van der Waals surface area contributed by atoms with Gasteiger partial charge >= 0.3 is 0 Å². The third-order valence-electron chi connectivity index (χ3n) is 4.96. The van der Waals surface area contributed by atoms with E-state index < -0.39 is 0 Å². The molecule has 0 aliphatic heterocycles. The van der Waals surface area contributed by atoms with Crippen LogP contribution < -0.4 is 20.1 Å². The summed E-state index contributed by atoms with van der Waals surface area (Å²) in [7, 11) is 1.57. The van der Waals surface area contributed by atoms with Crippen LogP contribution in [0.4, 0.5) is 5.69 Å². The lowest BCUT2D eigenvalue weighted by atomic mass is 10.3. The smallest absolute Gasteiger partial charge is 0.287 e. The van der Waals surface area contributed by atoms with Crippen molar-refractivity contribution in [3.63, 3.8) is 0 Å². The highest BCUT2D eigenvalue weighted by atomic mass is 32.2. The number of anilines is 1. The Hall–Kier alpha value is -4.25. The minimum Gasteiger partial charge on any atom is -0.495 e. The number of carbonyl (C=O) groups excluding carboxylic acids is 2. The van der Waals surface area contributed by atoms with E-state index in [9.17, 15) is 9.59 Å². The number of furan rings is 1. The number of ether oxygens (including phenoxy) is 2. The summed E-state index contributed by atoms with van der Waals surface area (Å²) in [6, 6.07) is 17.7. The van der Waals surface area contributed by atoms with Crippen molar-refractivity contribution in [3.8, 4) is 17.2 Å². The Morgan fingerprint density at radius 3 is 2.58 bits per heavy atom. The summed E-state index contributed by atoms with van der Waals surface area (Å²) in [5, 5.41) is 14.6. The summed E-state index contributed by atoms with van der Waals surface area (Å²) >= 11 is 1.22. The number of carbonyl (C=O) groups is 2. The number of amides is 2. The van der Waals surface area contributed by atoms with Crippen molar-refractivity contribution in [1.82, 2.24) is 20.1 Å². The molecule has 2 amide bonds. The highest BCUT2D eigenvalue weighted by Gasteiger charge is 2.20. The van der Waals surface area contributed by atoms with Crippen molar-refractivity contribution in [2.24, 2.45) is 0 Å². The Morgan fingerprint density at radius 1 is 1.06 bits per heavy atom. The number of benzene rings is 2. The Bertz CT molecular complexity index is 1300. The number of hydrogen-bond acceptors (Lipinski definition) is 8. The van der Waals surface area contributed by atoms with Gasteiger partial charge < -0.3 is 24.5 Å². The average Bonchev–Trinajstić information content (AvgIpc) is 3.58. The van der Waals surface area contributed by atoms with Gasteiger partial charge in [0, 0.05) is 5.69 Å². The zero-order valence-electron chi connectivity index (χ0n) is 19.8. The number of thioether (sulfide) groups is 1. The number of aromatic nitrogens is 3. The molecule has 0 spiro atoms. The fourth-order valence-corrected chi connectivity index (χ4v) is 4.11. The summed E-state index contributed by atoms with van der Waals surface area (Å²) < 4.78 is 17.8. The summed E-state index contributed by atoms with van der Waals surface area (Å²) in [5.41, 5.74) is 1.35. The molecule has 10 nitrogen and oxygen atoms in total. The predicted octanol–water partition coefficient (Wildman–Crippen LogP) is 3.93. The first kappa shape index (κ1) is 24.9. The van der Waals surface area contributed by atoms with Crippen LogP contribution in [0, 0.1) is 0 Å². The van der Waals surface area contributed by atoms with Crippen molar-refractivity contribution in [3.05, 3.63) is 78.5 Å². The van der Waals surface area contributed by atoms with E-state index >= 15 is 0 Å². The third kappa shape index (κ3) is 6.05. The first-order valence-electron chi connectivity index (χ1n) is 11.1. The fourth-order valence-electron chi connectivity index (χ4n) is 3.35. The van der Waals surface area contributed by atoms with Crippen LogP contribution in [0.1, 0.15) is 23.3 Å². The van der Waals surface area contributed by atoms with Gasteiger partial charge in [-0.2, -0.15) is 0 Å². The molecule has 0 unspecified atom stereocenters. The maximum atomic E-state index is 12.6. The molecule has 0 saturated carbocycles. The molecule has 0 bridgehead atoms. The molecule has 2 heterocycles. The number of nitrogens with one attached hydrogen (secondary N) is 2. The topological polar surface area (TPSA) is 121 Å². The Kier molecular flexibility index (Phi) is 8.24. The highest BCUT2D eigenvalue weighted by molar-refractivity contribution is 7.99. The van der Waals surface area contributed by atoms with Crippen molar-refractivity contribution >= 4 is 29.3 Å². The van der Waals surface area contributed by atoms with Crippen LogP contribution in [0.2, 0.25) is 0 Å². The van der Waals surface area contributed by atoms with E-state index in [1.807, 2.05) is 31.2 Å². The molecule has 4 aromatic rings. The summed E-state index contributed by atoms with van der Waals surface area (Å²) in [6.45, 7) is 2.57. The standard InChI is InChI=1S/C25H25N5O5S/c1-3-34-18-12-10-17(11-13-18)27-23(31)16-36-25-29-28-22(15-26-24(32)21-9-6-14-35-21)30(25)19-7-4-5-8-20(19)33-2/h4-14H,3,15-16H2,1-2H3,(H,26,32)(H,27,31). The molecule has 36 heavy (non-hydrogen) atoms. The van der Waals surface area contributed by atoms with Crippen LogP contribution in [-0.2, 0) is 11.3 Å². The van der Waals surface area contributed by atoms with Crippen molar-refractivity contribution in [1.29, 1.82) is 0 Å². The third-order valence-corrected chi connectivity index (χ3v) is 5.89. The van der Waals surface area contributed by atoms with E-state index in [0.717, 1.165) is 5.75 Å². The number of hydrogen-bond donors (Lipinski definition) is 2. The van der Waals surface area contributed by atoms with Crippen molar-refractivity contribution in [2.45, 2.75) is 18.6 Å². The van der Waals surface area contributed by atoms with Gasteiger partial charge in [-0.3, -0.25) is 14.2 Å². The molecule has 0 aliphatic carbocycles. The summed E-state index contributed by atoms with van der Waals surface area (Å²) in [5.74, 6) is 1.51. The van der Waals surface area contributed by atoms with Gasteiger partial charge in [0.05, 0.1) is 38.0 Å². The first-order valence-corrected chi connectivity index (χ1v) is 12.1. The monoisotopic (exact) mass is 507 g/mol. The van der Waals surface area contributed by atoms with Crippen LogP contribution in [0.15, 0.2) is 76.5 Å². The zero-order valence-corrected chi connectivity index (χ0v) is 20.6. The van der Waals surface area contributed by atoms with Gasteiger partial charge in [-0.1, -0.05) is 23.9 Å². The van der Waals surface area contributed by atoms with E-state index in [1.54, 1.807) is 48.1 Å². The van der Waals surface area contributed by atoms with Gasteiger partial charge in [-0.05, 0) is 55.5 Å². The van der Waals surface area contributed by atoms with Gasteiger partial charge in [-0.15, -0.1) is 10.2 Å². The molecule has 0 radical (unpaired) electrons. The normalized spacial score (nSPS) is 10.6. The van der Waals surface area contributed by atoms with E-state index in [1.165, 1.54) is 18.0 Å². The molecule has 0 aliphatic rings. The summed E-state index contributed by atoms with van der Waals surface area (Å²) in [4.78, 5) is 25.0. The predicted molar refractivity (Wildman–Crippen MR) is 135 cm³/mol.